The van der Waals surface area contributed by atoms with E-state index in [1.165, 1.54) is 0 Å². The Labute approximate surface area is 156 Å². The Kier molecular flexibility index (Phi) is 4.08. The Morgan fingerprint density at radius 3 is 2.59 bits per heavy atom. The fraction of sp³-hybridized carbons (Fsp3) is 0.0500. The van der Waals surface area contributed by atoms with E-state index in [0.717, 1.165) is 6.07 Å². The molecule has 1 aromatic heterocycles. The number of hydrogen-bond donors (Lipinski definition) is 1. The average molecular weight is 388 g/mol. The third kappa shape index (κ3) is 2.73. The number of primary amides is 1. The second-order valence-electron chi connectivity index (χ2n) is 6.06. The quantitative estimate of drug-likeness (QED) is 0.504. The van der Waals surface area contributed by atoms with Crippen molar-refractivity contribution < 1.29 is 18.0 Å². The summed E-state index contributed by atoms with van der Waals surface area (Å²) < 4.78 is 42.7. The van der Waals surface area contributed by atoms with Crippen molar-refractivity contribution >= 4 is 39.3 Å². The van der Waals surface area contributed by atoms with Gasteiger partial charge in [-0.05, 0) is 30.3 Å². The summed E-state index contributed by atoms with van der Waals surface area (Å²) in [6.07, 6.45) is 0. The maximum Gasteiger partial charge on any atom is 0.249 e. The largest absolute Gasteiger partial charge is 0.366 e. The van der Waals surface area contributed by atoms with Crippen LogP contribution in [0.4, 0.5) is 13.2 Å². The minimum atomic E-state index is -1.26. The van der Waals surface area contributed by atoms with Crippen LogP contribution in [0.15, 0.2) is 42.5 Å². The van der Waals surface area contributed by atoms with E-state index in [4.69, 9.17) is 17.3 Å². The number of fused-ring (bicyclic) bond motifs is 3. The van der Waals surface area contributed by atoms with Crippen LogP contribution in [-0.2, 0) is 6.54 Å². The van der Waals surface area contributed by atoms with Gasteiger partial charge in [-0.15, -0.1) is 0 Å². The average Bonchev–Trinajstić information content (AvgIpc) is 2.95. The van der Waals surface area contributed by atoms with Crippen molar-refractivity contribution in [1.82, 2.24) is 4.57 Å². The number of aromatic nitrogens is 1. The first kappa shape index (κ1) is 17.4. The fourth-order valence-corrected chi connectivity index (χ4v) is 3.55. The molecule has 0 fully saturated rings. The zero-order valence-electron chi connectivity index (χ0n) is 13.7. The maximum atomic E-state index is 14.2. The molecule has 4 rings (SSSR count). The van der Waals surface area contributed by atoms with Gasteiger partial charge in [-0.25, -0.2) is 13.2 Å². The van der Waals surface area contributed by atoms with E-state index in [0.29, 0.717) is 32.9 Å². The first-order valence-electron chi connectivity index (χ1n) is 7.93. The van der Waals surface area contributed by atoms with E-state index in [1.807, 2.05) is 0 Å². The highest BCUT2D eigenvalue weighted by atomic mass is 35.5. The Hall–Kier alpha value is -2.99. The standard InChI is InChI=1S/C20H11ClF3N2O/c21-13-5-1-3-11-18-12(20(25)27)4-2-6-17(18)26(19(11)13)9-10-7-15(23)16(24)8-14(10)22/h1-2,4-8H,9H2,(H2,25,27). The van der Waals surface area contributed by atoms with Gasteiger partial charge in [0.25, 0.3) is 0 Å². The molecule has 0 saturated heterocycles. The summed E-state index contributed by atoms with van der Waals surface area (Å²) in [5.41, 5.74) is 6.73. The number of carbonyl (C=O) groups excluding carboxylic acids is 1. The zero-order valence-corrected chi connectivity index (χ0v) is 14.4. The molecule has 1 heterocycles. The van der Waals surface area contributed by atoms with Gasteiger partial charge in [0.2, 0.25) is 5.91 Å². The van der Waals surface area contributed by atoms with E-state index >= 15 is 0 Å². The summed E-state index contributed by atoms with van der Waals surface area (Å²) in [7, 11) is 0. The molecule has 3 nitrogen and oxygen atoms in total. The van der Waals surface area contributed by atoms with E-state index in [2.05, 4.69) is 6.07 Å². The number of rotatable bonds is 3. The van der Waals surface area contributed by atoms with E-state index in [-0.39, 0.29) is 17.7 Å². The summed E-state index contributed by atoms with van der Waals surface area (Å²) in [4.78, 5) is 11.9. The Bertz CT molecular complexity index is 1230. The molecule has 0 aliphatic rings. The van der Waals surface area contributed by atoms with E-state index < -0.39 is 23.4 Å². The summed E-state index contributed by atoms with van der Waals surface area (Å²) in [5.74, 6) is -3.93. The van der Waals surface area contributed by atoms with Crippen molar-refractivity contribution in [2.24, 2.45) is 5.73 Å². The second kappa shape index (κ2) is 6.32. The molecule has 0 saturated carbocycles. The Morgan fingerprint density at radius 2 is 1.85 bits per heavy atom. The fourth-order valence-electron chi connectivity index (χ4n) is 3.29. The molecule has 7 heteroatoms. The normalized spacial score (nSPS) is 11.4. The third-order valence-electron chi connectivity index (χ3n) is 4.46. The van der Waals surface area contributed by atoms with Gasteiger partial charge in [0.15, 0.2) is 11.6 Å². The Balaban J connectivity index is 2.07. The first-order chi connectivity index (χ1) is 12.9. The van der Waals surface area contributed by atoms with Crippen LogP contribution >= 0.6 is 11.6 Å². The molecular weight excluding hydrogens is 377 g/mol. The predicted molar refractivity (Wildman–Crippen MR) is 97.2 cm³/mol. The van der Waals surface area contributed by atoms with Crippen LogP contribution in [-0.4, -0.2) is 10.5 Å². The van der Waals surface area contributed by atoms with E-state index in [1.54, 1.807) is 34.9 Å². The molecule has 1 amide bonds. The maximum absolute atomic E-state index is 14.2. The van der Waals surface area contributed by atoms with Gasteiger partial charge in [-0.2, -0.15) is 0 Å². The van der Waals surface area contributed by atoms with Crippen molar-refractivity contribution in [3.63, 3.8) is 0 Å². The van der Waals surface area contributed by atoms with Crippen molar-refractivity contribution in [3.05, 3.63) is 82.1 Å². The molecule has 0 aliphatic heterocycles. The number of hydrogen-bond acceptors (Lipinski definition) is 1. The lowest BCUT2D eigenvalue weighted by molar-refractivity contribution is 0.100. The number of amides is 1. The first-order valence-corrected chi connectivity index (χ1v) is 8.30. The van der Waals surface area contributed by atoms with Crippen LogP contribution in [0.5, 0.6) is 0 Å². The SMILES string of the molecule is NC(=O)c1cccc2c1c1[c]ccc(Cl)c1n2Cc1cc(F)c(F)cc1F. The molecule has 3 aromatic carbocycles. The second-order valence-corrected chi connectivity index (χ2v) is 6.46. The molecule has 1 radical (unpaired) electrons. The van der Waals surface area contributed by atoms with Gasteiger partial charge >= 0.3 is 0 Å². The van der Waals surface area contributed by atoms with Crippen LogP contribution in [0.25, 0.3) is 21.8 Å². The third-order valence-corrected chi connectivity index (χ3v) is 4.76. The number of carbonyl (C=O) groups is 1. The number of nitrogens with zero attached hydrogens (tertiary/aromatic N) is 1. The molecule has 0 aliphatic carbocycles. The molecule has 0 bridgehead atoms. The lowest BCUT2D eigenvalue weighted by Gasteiger charge is -2.10. The zero-order chi connectivity index (χ0) is 19.3. The number of nitrogens with two attached hydrogens (primary N) is 1. The number of halogens is 4. The highest BCUT2D eigenvalue weighted by molar-refractivity contribution is 6.36. The highest BCUT2D eigenvalue weighted by Crippen LogP contribution is 2.36. The van der Waals surface area contributed by atoms with Gasteiger partial charge in [0, 0.05) is 28.0 Å². The van der Waals surface area contributed by atoms with Crippen LogP contribution in [0.3, 0.4) is 0 Å². The minimum absolute atomic E-state index is 0.0582. The van der Waals surface area contributed by atoms with Crippen molar-refractivity contribution in [2.45, 2.75) is 6.54 Å². The van der Waals surface area contributed by atoms with Gasteiger partial charge in [-0.3, -0.25) is 4.79 Å². The highest BCUT2D eigenvalue weighted by Gasteiger charge is 2.20. The van der Waals surface area contributed by atoms with Crippen molar-refractivity contribution in [1.29, 1.82) is 0 Å². The molecule has 0 spiro atoms. The molecule has 2 N–H and O–H groups in total. The van der Waals surface area contributed by atoms with Crippen LogP contribution in [0, 0.1) is 23.5 Å². The lowest BCUT2D eigenvalue weighted by Crippen LogP contribution is -2.11. The topological polar surface area (TPSA) is 48.0 Å². The van der Waals surface area contributed by atoms with Crippen LogP contribution in [0.2, 0.25) is 5.02 Å². The minimum Gasteiger partial charge on any atom is -0.366 e. The van der Waals surface area contributed by atoms with Crippen molar-refractivity contribution in [3.8, 4) is 0 Å². The number of benzene rings is 3. The predicted octanol–water partition coefficient (Wildman–Crippen LogP) is 4.81. The molecule has 135 valence electrons. The van der Waals surface area contributed by atoms with Gasteiger partial charge in [0.05, 0.1) is 22.6 Å². The molecule has 0 atom stereocenters. The van der Waals surface area contributed by atoms with Gasteiger partial charge in [-0.1, -0.05) is 23.7 Å². The monoisotopic (exact) mass is 387 g/mol. The summed E-state index contributed by atoms with van der Waals surface area (Å²) in [6, 6.07) is 12.5. The molecular formula is C20H11ClF3N2O. The smallest absolute Gasteiger partial charge is 0.249 e. The van der Waals surface area contributed by atoms with Gasteiger partial charge < -0.3 is 10.3 Å². The van der Waals surface area contributed by atoms with Gasteiger partial charge in [0.1, 0.15) is 5.82 Å². The molecule has 0 unspecified atom stereocenters. The van der Waals surface area contributed by atoms with E-state index in [9.17, 15) is 18.0 Å². The molecule has 27 heavy (non-hydrogen) atoms. The van der Waals surface area contributed by atoms with Crippen LogP contribution in [0.1, 0.15) is 15.9 Å². The summed E-state index contributed by atoms with van der Waals surface area (Å²) in [5, 5.41) is 1.40. The summed E-state index contributed by atoms with van der Waals surface area (Å²) in [6.45, 7) is -0.122. The van der Waals surface area contributed by atoms with Crippen LogP contribution < -0.4 is 5.73 Å². The molecule has 4 aromatic rings. The van der Waals surface area contributed by atoms with Crippen molar-refractivity contribution in [2.75, 3.05) is 0 Å². The summed E-state index contributed by atoms with van der Waals surface area (Å²) >= 11 is 6.34. The Morgan fingerprint density at radius 1 is 1.11 bits per heavy atom. The lowest BCUT2D eigenvalue weighted by atomic mass is 10.1.